The van der Waals surface area contributed by atoms with Crippen molar-refractivity contribution in [1.82, 2.24) is 4.90 Å². The van der Waals surface area contributed by atoms with Gasteiger partial charge in [-0.3, -0.25) is 4.79 Å². The minimum atomic E-state index is -2.86. The summed E-state index contributed by atoms with van der Waals surface area (Å²) in [5, 5.41) is 0. The number of hydrogen-bond acceptors (Lipinski definition) is 3. The van der Waals surface area contributed by atoms with Gasteiger partial charge in [0.1, 0.15) is 5.75 Å². The third-order valence-electron chi connectivity index (χ3n) is 1.89. The molecule has 0 heterocycles. The highest BCUT2D eigenvalue weighted by molar-refractivity contribution is 6.04. The van der Waals surface area contributed by atoms with Crippen LogP contribution < -0.4 is 4.74 Å². The van der Waals surface area contributed by atoms with E-state index in [-0.39, 0.29) is 11.5 Å². The summed E-state index contributed by atoms with van der Waals surface area (Å²) in [5.74, 6) is -0.157. The monoisotopic (exact) mass is 241 g/mol. The molecule has 1 aromatic rings. The highest BCUT2D eigenvalue weighted by Crippen LogP contribution is 2.15. The molecule has 0 saturated carbocycles. The van der Waals surface area contributed by atoms with Crippen molar-refractivity contribution in [1.29, 1.82) is 0 Å². The lowest BCUT2D eigenvalue weighted by Crippen LogP contribution is -2.04. The number of halogens is 2. The second kappa shape index (κ2) is 5.98. The summed E-state index contributed by atoms with van der Waals surface area (Å²) in [6.45, 7) is -2.86. The smallest absolute Gasteiger partial charge is 0.387 e. The summed E-state index contributed by atoms with van der Waals surface area (Å²) < 4.78 is 27.9. The molecule has 1 rings (SSSR count). The highest BCUT2D eigenvalue weighted by Gasteiger charge is 2.05. The third-order valence-corrected chi connectivity index (χ3v) is 1.89. The van der Waals surface area contributed by atoms with Crippen LogP contribution in [0.5, 0.6) is 5.75 Å². The van der Waals surface area contributed by atoms with E-state index in [1.807, 2.05) is 0 Å². The predicted octanol–water partition coefficient (Wildman–Crippen LogP) is 2.55. The van der Waals surface area contributed by atoms with Crippen molar-refractivity contribution in [2.24, 2.45) is 0 Å². The average Bonchev–Trinajstić information content (AvgIpc) is 2.26. The first-order valence-corrected chi connectivity index (χ1v) is 4.93. The van der Waals surface area contributed by atoms with Crippen molar-refractivity contribution < 1.29 is 18.3 Å². The van der Waals surface area contributed by atoms with Crippen molar-refractivity contribution >= 4 is 5.78 Å². The van der Waals surface area contributed by atoms with Crippen LogP contribution in [0.25, 0.3) is 0 Å². The van der Waals surface area contributed by atoms with Gasteiger partial charge in [0, 0.05) is 31.9 Å². The Morgan fingerprint density at radius 3 is 2.35 bits per heavy atom. The standard InChI is InChI=1S/C12H13F2NO2/c1-15(2)8-7-11(16)9-3-5-10(6-4-9)17-12(13)14/h3-8,12H,1-2H3/b8-7-. The first-order chi connectivity index (χ1) is 7.99. The Hall–Kier alpha value is -1.91. The zero-order valence-corrected chi connectivity index (χ0v) is 9.56. The zero-order chi connectivity index (χ0) is 12.8. The summed E-state index contributed by atoms with van der Waals surface area (Å²) >= 11 is 0. The number of alkyl halides is 2. The molecule has 92 valence electrons. The molecule has 0 saturated heterocycles. The molecule has 0 aromatic heterocycles. The van der Waals surface area contributed by atoms with Crippen molar-refractivity contribution in [3.05, 3.63) is 42.1 Å². The Bertz CT molecular complexity index is 399. The minimum absolute atomic E-state index is 0.0353. The minimum Gasteiger partial charge on any atom is -0.435 e. The molecular formula is C12H13F2NO2. The molecule has 1 aromatic carbocycles. The fourth-order valence-electron chi connectivity index (χ4n) is 1.11. The second-order valence-electron chi connectivity index (χ2n) is 3.55. The molecule has 0 radical (unpaired) electrons. The van der Waals surface area contributed by atoms with E-state index in [1.54, 1.807) is 25.2 Å². The molecule has 0 unspecified atom stereocenters. The summed E-state index contributed by atoms with van der Waals surface area (Å²) in [7, 11) is 3.59. The van der Waals surface area contributed by atoms with Crippen molar-refractivity contribution in [2.45, 2.75) is 6.61 Å². The quantitative estimate of drug-likeness (QED) is 0.586. The van der Waals surface area contributed by atoms with E-state index in [2.05, 4.69) is 4.74 Å². The Morgan fingerprint density at radius 2 is 1.88 bits per heavy atom. The first kappa shape index (κ1) is 13.2. The topological polar surface area (TPSA) is 29.5 Å². The Kier molecular flexibility index (Phi) is 4.63. The molecule has 0 aliphatic rings. The van der Waals surface area contributed by atoms with E-state index < -0.39 is 6.61 Å². The van der Waals surface area contributed by atoms with Gasteiger partial charge in [-0.25, -0.2) is 0 Å². The lowest BCUT2D eigenvalue weighted by atomic mass is 10.1. The van der Waals surface area contributed by atoms with Crippen molar-refractivity contribution in [3.63, 3.8) is 0 Å². The van der Waals surface area contributed by atoms with Crippen LogP contribution in [0.4, 0.5) is 8.78 Å². The van der Waals surface area contributed by atoms with Crippen LogP contribution in [0.3, 0.4) is 0 Å². The Morgan fingerprint density at radius 1 is 1.29 bits per heavy atom. The van der Waals surface area contributed by atoms with Gasteiger partial charge >= 0.3 is 6.61 Å². The molecule has 17 heavy (non-hydrogen) atoms. The van der Waals surface area contributed by atoms with Crippen LogP contribution in [-0.2, 0) is 0 Å². The largest absolute Gasteiger partial charge is 0.435 e. The van der Waals surface area contributed by atoms with E-state index in [0.29, 0.717) is 5.56 Å². The van der Waals surface area contributed by atoms with Gasteiger partial charge in [-0.2, -0.15) is 8.78 Å². The number of rotatable bonds is 5. The van der Waals surface area contributed by atoms with Gasteiger partial charge in [-0.1, -0.05) is 0 Å². The maximum atomic E-state index is 11.9. The van der Waals surface area contributed by atoms with Gasteiger partial charge in [-0.15, -0.1) is 0 Å². The van der Waals surface area contributed by atoms with Gasteiger partial charge in [0.2, 0.25) is 0 Å². The fourth-order valence-corrected chi connectivity index (χ4v) is 1.11. The lowest BCUT2D eigenvalue weighted by Gasteiger charge is -2.05. The van der Waals surface area contributed by atoms with Gasteiger partial charge in [0.15, 0.2) is 5.78 Å². The predicted molar refractivity (Wildman–Crippen MR) is 60.2 cm³/mol. The van der Waals surface area contributed by atoms with Crippen LogP contribution in [0.15, 0.2) is 36.5 Å². The molecule has 0 atom stereocenters. The van der Waals surface area contributed by atoms with E-state index in [1.165, 1.54) is 30.3 Å². The van der Waals surface area contributed by atoms with Gasteiger partial charge in [0.25, 0.3) is 0 Å². The Balaban J connectivity index is 2.70. The number of hydrogen-bond donors (Lipinski definition) is 0. The van der Waals surface area contributed by atoms with E-state index in [0.717, 1.165) is 0 Å². The molecule has 3 nitrogen and oxygen atoms in total. The fraction of sp³-hybridized carbons (Fsp3) is 0.250. The second-order valence-corrected chi connectivity index (χ2v) is 3.55. The van der Waals surface area contributed by atoms with Crippen molar-refractivity contribution in [2.75, 3.05) is 14.1 Å². The van der Waals surface area contributed by atoms with Crippen LogP contribution in [0.1, 0.15) is 10.4 Å². The van der Waals surface area contributed by atoms with Crippen LogP contribution in [-0.4, -0.2) is 31.4 Å². The number of nitrogens with zero attached hydrogens (tertiary/aromatic N) is 1. The van der Waals surface area contributed by atoms with Crippen LogP contribution >= 0.6 is 0 Å². The van der Waals surface area contributed by atoms with Gasteiger partial charge in [-0.05, 0) is 24.3 Å². The van der Waals surface area contributed by atoms with Crippen molar-refractivity contribution in [3.8, 4) is 5.75 Å². The number of carbonyl (C=O) groups excluding carboxylic acids is 1. The number of ether oxygens (including phenoxy) is 1. The van der Waals surface area contributed by atoms with E-state index in [9.17, 15) is 13.6 Å². The molecule has 0 amide bonds. The van der Waals surface area contributed by atoms with Gasteiger partial charge < -0.3 is 9.64 Å². The summed E-state index contributed by atoms with van der Waals surface area (Å²) in [6.07, 6.45) is 3.02. The average molecular weight is 241 g/mol. The Labute approximate surface area is 98.3 Å². The van der Waals surface area contributed by atoms with Crippen LogP contribution in [0, 0.1) is 0 Å². The van der Waals surface area contributed by atoms with Gasteiger partial charge in [0.05, 0.1) is 0 Å². The maximum Gasteiger partial charge on any atom is 0.387 e. The number of ketones is 1. The number of benzene rings is 1. The normalized spacial score (nSPS) is 10.9. The SMILES string of the molecule is CN(C)/C=C\C(=O)c1ccc(OC(F)F)cc1. The van der Waals surface area contributed by atoms with E-state index in [4.69, 9.17) is 0 Å². The molecule has 0 aliphatic carbocycles. The van der Waals surface area contributed by atoms with E-state index >= 15 is 0 Å². The number of allylic oxidation sites excluding steroid dienone is 1. The molecule has 0 aliphatic heterocycles. The highest BCUT2D eigenvalue weighted by atomic mass is 19.3. The maximum absolute atomic E-state index is 11.9. The first-order valence-electron chi connectivity index (χ1n) is 4.93. The number of carbonyl (C=O) groups is 1. The molecular weight excluding hydrogens is 228 g/mol. The molecule has 5 heteroatoms. The zero-order valence-electron chi connectivity index (χ0n) is 9.56. The summed E-state index contributed by atoms with van der Waals surface area (Å²) in [4.78, 5) is 13.3. The van der Waals surface area contributed by atoms with Crippen LogP contribution in [0.2, 0.25) is 0 Å². The molecule has 0 bridgehead atoms. The lowest BCUT2D eigenvalue weighted by molar-refractivity contribution is -0.0498. The summed E-state index contributed by atoms with van der Waals surface area (Å²) in [6, 6.07) is 5.56. The molecule has 0 N–H and O–H groups in total. The molecule has 0 spiro atoms. The summed E-state index contributed by atoms with van der Waals surface area (Å²) in [5.41, 5.74) is 0.421. The third kappa shape index (κ3) is 4.63. The molecule has 0 fully saturated rings.